The maximum Gasteiger partial charge on any atom is 0.0830 e. The van der Waals surface area contributed by atoms with Crippen molar-refractivity contribution >= 4 is 0 Å². The van der Waals surface area contributed by atoms with Crippen LogP contribution in [0.4, 0.5) is 0 Å². The van der Waals surface area contributed by atoms with Crippen LogP contribution < -0.4 is 5.73 Å². The Balaban J connectivity index is 1.70. The lowest BCUT2D eigenvalue weighted by atomic mass is 9.74. The first-order valence-electron chi connectivity index (χ1n) is 7.38. The first-order valence-corrected chi connectivity index (χ1v) is 7.38. The van der Waals surface area contributed by atoms with Crippen molar-refractivity contribution in [1.82, 2.24) is 4.90 Å². The summed E-state index contributed by atoms with van der Waals surface area (Å²) in [5.41, 5.74) is 5.79. The molecule has 3 aliphatic heterocycles. The monoisotopic (exact) mass is 254 g/mol. The highest BCUT2D eigenvalue weighted by Crippen LogP contribution is 2.43. The van der Waals surface area contributed by atoms with Gasteiger partial charge in [-0.1, -0.05) is 0 Å². The van der Waals surface area contributed by atoms with Crippen molar-refractivity contribution in [2.75, 3.05) is 20.3 Å². The van der Waals surface area contributed by atoms with Crippen LogP contribution in [0.3, 0.4) is 0 Å². The Morgan fingerprint density at radius 2 is 1.72 bits per heavy atom. The lowest BCUT2D eigenvalue weighted by molar-refractivity contribution is -0.0846. The Morgan fingerprint density at radius 1 is 1.17 bits per heavy atom. The second-order valence-electron chi connectivity index (χ2n) is 6.54. The van der Waals surface area contributed by atoms with E-state index >= 15 is 0 Å². The van der Waals surface area contributed by atoms with Crippen LogP contribution in [0.2, 0.25) is 0 Å². The van der Waals surface area contributed by atoms with E-state index in [1.54, 1.807) is 0 Å². The SMILES string of the molecule is CN1C2CCC1CC(O)(C(N)C1CCOCC1)C2. The van der Waals surface area contributed by atoms with E-state index in [0.29, 0.717) is 18.0 Å². The summed E-state index contributed by atoms with van der Waals surface area (Å²) in [4.78, 5) is 2.45. The van der Waals surface area contributed by atoms with Crippen molar-refractivity contribution in [3.8, 4) is 0 Å². The molecule has 3 heterocycles. The fourth-order valence-electron chi connectivity index (χ4n) is 4.27. The van der Waals surface area contributed by atoms with Gasteiger partial charge in [0.05, 0.1) is 5.60 Å². The molecule has 4 heteroatoms. The molecule has 3 N–H and O–H groups in total. The van der Waals surface area contributed by atoms with Gasteiger partial charge in [-0.3, -0.25) is 0 Å². The van der Waals surface area contributed by atoms with Crippen molar-refractivity contribution < 1.29 is 9.84 Å². The van der Waals surface area contributed by atoms with E-state index < -0.39 is 5.60 Å². The highest BCUT2D eigenvalue weighted by Gasteiger charge is 2.50. The molecule has 0 aliphatic carbocycles. The quantitative estimate of drug-likeness (QED) is 0.762. The predicted octanol–water partition coefficient (Wildman–Crippen LogP) is 0.728. The number of fused-ring (bicyclic) bond motifs is 2. The Morgan fingerprint density at radius 3 is 2.28 bits per heavy atom. The van der Waals surface area contributed by atoms with Gasteiger partial charge in [-0.25, -0.2) is 0 Å². The molecule has 2 bridgehead atoms. The summed E-state index contributed by atoms with van der Waals surface area (Å²) >= 11 is 0. The highest BCUT2D eigenvalue weighted by atomic mass is 16.5. The number of nitrogens with zero attached hydrogens (tertiary/aromatic N) is 1. The van der Waals surface area contributed by atoms with Gasteiger partial charge in [0.15, 0.2) is 0 Å². The van der Waals surface area contributed by atoms with Crippen LogP contribution in [-0.4, -0.2) is 54.0 Å². The second kappa shape index (κ2) is 4.75. The van der Waals surface area contributed by atoms with Crippen molar-refractivity contribution in [3.63, 3.8) is 0 Å². The van der Waals surface area contributed by atoms with Crippen LogP contribution in [0, 0.1) is 5.92 Å². The summed E-state index contributed by atoms with van der Waals surface area (Å²) in [7, 11) is 2.20. The third-order valence-corrected chi connectivity index (χ3v) is 5.56. The van der Waals surface area contributed by atoms with Gasteiger partial charge >= 0.3 is 0 Å². The molecule has 0 aromatic carbocycles. The standard InChI is InChI=1S/C14H26N2O2/c1-16-11-2-3-12(16)9-14(17,8-11)13(15)10-4-6-18-7-5-10/h10-13,17H,2-9,15H2,1H3. The summed E-state index contributed by atoms with van der Waals surface area (Å²) < 4.78 is 5.40. The molecule has 0 radical (unpaired) electrons. The Kier molecular flexibility index (Phi) is 3.39. The Hall–Kier alpha value is -0.160. The van der Waals surface area contributed by atoms with Gasteiger partial charge in [-0.2, -0.15) is 0 Å². The third kappa shape index (κ3) is 2.09. The average Bonchev–Trinajstić information content (AvgIpc) is 2.63. The van der Waals surface area contributed by atoms with Gasteiger partial charge in [0.1, 0.15) is 0 Å². The molecule has 0 aromatic heterocycles. The van der Waals surface area contributed by atoms with Crippen molar-refractivity contribution in [1.29, 1.82) is 0 Å². The molecule has 3 unspecified atom stereocenters. The van der Waals surface area contributed by atoms with E-state index in [1.807, 2.05) is 0 Å². The fraction of sp³-hybridized carbons (Fsp3) is 1.00. The van der Waals surface area contributed by atoms with Gasteiger partial charge in [0.25, 0.3) is 0 Å². The summed E-state index contributed by atoms with van der Waals surface area (Å²) in [6.07, 6.45) is 6.19. The largest absolute Gasteiger partial charge is 0.388 e. The van der Waals surface area contributed by atoms with E-state index in [1.165, 1.54) is 12.8 Å². The lowest BCUT2D eigenvalue weighted by Crippen LogP contribution is -2.60. The van der Waals surface area contributed by atoms with Gasteiger partial charge in [0, 0.05) is 31.3 Å². The van der Waals surface area contributed by atoms with Crippen LogP contribution in [0.15, 0.2) is 0 Å². The van der Waals surface area contributed by atoms with E-state index in [2.05, 4.69) is 11.9 Å². The molecule has 3 fully saturated rings. The van der Waals surface area contributed by atoms with Gasteiger partial charge in [-0.15, -0.1) is 0 Å². The molecular weight excluding hydrogens is 228 g/mol. The molecule has 3 saturated heterocycles. The summed E-state index contributed by atoms with van der Waals surface area (Å²) in [5.74, 6) is 0.437. The minimum Gasteiger partial charge on any atom is -0.388 e. The van der Waals surface area contributed by atoms with Crippen LogP contribution in [0.5, 0.6) is 0 Å². The number of rotatable bonds is 2. The van der Waals surface area contributed by atoms with Crippen LogP contribution in [0.25, 0.3) is 0 Å². The van der Waals surface area contributed by atoms with Gasteiger partial charge < -0.3 is 20.5 Å². The van der Waals surface area contributed by atoms with Crippen LogP contribution >= 0.6 is 0 Å². The predicted molar refractivity (Wildman–Crippen MR) is 70.3 cm³/mol. The number of aliphatic hydroxyl groups is 1. The third-order valence-electron chi connectivity index (χ3n) is 5.56. The lowest BCUT2D eigenvalue weighted by Gasteiger charge is -2.47. The molecule has 4 nitrogen and oxygen atoms in total. The highest BCUT2D eigenvalue weighted by molar-refractivity contribution is 5.06. The molecule has 0 spiro atoms. The smallest absolute Gasteiger partial charge is 0.0830 e. The molecule has 0 saturated carbocycles. The number of ether oxygens (including phenoxy) is 1. The molecule has 104 valence electrons. The van der Waals surface area contributed by atoms with Crippen LogP contribution in [-0.2, 0) is 4.74 Å². The van der Waals surface area contributed by atoms with E-state index in [0.717, 1.165) is 38.9 Å². The van der Waals surface area contributed by atoms with E-state index in [4.69, 9.17) is 10.5 Å². The van der Waals surface area contributed by atoms with Crippen molar-refractivity contribution in [2.45, 2.75) is 62.3 Å². The molecule has 3 aliphatic rings. The van der Waals surface area contributed by atoms with Crippen molar-refractivity contribution in [2.24, 2.45) is 11.7 Å². The Labute approximate surface area is 109 Å². The Bertz CT molecular complexity index is 290. The second-order valence-corrected chi connectivity index (χ2v) is 6.54. The minimum absolute atomic E-state index is 0.0711. The molecule has 3 atom stereocenters. The maximum atomic E-state index is 11.0. The molecule has 18 heavy (non-hydrogen) atoms. The summed E-state index contributed by atoms with van der Waals surface area (Å²) in [5, 5.41) is 11.0. The zero-order valence-electron chi connectivity index (χ0n) is 11.3. The minimum atomic E-state index is -0.639. The zero-order valence-corrected chi connectivity index (χ0v) is 11.3. The summed E-state index contributed by atoms with van der Waals surface area (Å²) in [6, 6.07) is 1.01. The molecule has 0 aromatic rings. The van der Waals surface area contributed by atoms with E-state index in [9.17, 15) is 5.11 Å². The normalized spacial score (nSPS) is 44.2. The van der Waals surface area contributed by atoms with E-state index in [-0.39, 0.29) is 6.04 Å². The summed E-state index contributed by atoms with van der Waals surface area (Å²) in [6.45, 7) is 1.61. The van der Waals surface area contributed by atoms with Crippen molar-refractivity contribution in [3.05, 3.63) is 0 Å². The maximum absolute atomic E-state index is 11.0. The number of nitrogens with two attached hydrogens (primary N) is 1. The molecular formula is C14H26N2O2. The first kappa shape index (κ1) is 12.9. The number of hydrogen-bond acceptors (Lipinski definition) is 4. The number of hydrogen-bond donors (Lipinski definition) is 2. The molecule has 0 amide bonds. The van der Waals surface area contributed by atoms with Crippen LogP contribution in [0.1, 0.15) is 38.5 Å². The number of piperidine rings is 1. The van der Waals surface area contributed by atoms with Gasteiger partial charge in [0.2, 0.25) is 0 Å². The molecule has 3 rings (SSSR count). The zero-order chi connectivity index (χ0) is 12.8. The van der Waals surface area contributed by atoms with Gasteiger partial charge in [-0.05, 0) is 51.5 Å². The topological polar surface area (TPSA) is 58.7 Å². The fourth-order valence-corrected chi connectivity index (χ4v) is 4.27. The first-order chi connectivity index (χ1) is 8.60. The average molecular weight is 254 g/mol.